The van der Waals surface area contributed by atoms with E-state index in [1.807, 2.05) is 17.0 Å². The average molecular weight is 282 g/mol. The Morgan fingerprint density at radius 1 is 1.47 bits per heavy atom. The molecule has 0 saturated carbocycles. The maximum absolute atomic E-state index is 12.5. The zero-order valence-corrected chi connectivity index (χ0v) is 12.0. The summed E-state index contributed by atoms with van der Waals surface area (Å²) in [6.45, 7) is 5.18. The van der Waals surface area contributed by atoms with E-state index in [1.165, 1.54) is 0 Å². The van der Waals surface area contributed by atoms with E-state index in [0.29, 0.717) is 16.5 Å². The predicted molar refractivity (Wildman–Crippen MR) is 76.6 cm³/mol. The van der Waals surface area contributed by atoms with Gasteiger partial charge in [-0.1, -0.05) is 30.7 Å². The molecule has 3 nitrogen and oxygen atoms in total. The SMILES string of the molecule is CCCN(CC1CCOC1)C(=O)c1ccccc1Cl. The van der Waals surface area contributed by atoms with Crippen molar-refractivity contribution in [3.63, 3.8) is 0 Å². The quantitative estimate of drug-likeness (QED) is 0.829. The van der Waals surface area contributed by atoms with Crippen molar-refractivity contribution in [1.82, 2.24) is 4.90 Å². The van der Waals surface area contributed by atoms with Crippen LogP contribution in [0.4, 0.5) is 0 Å². The van der Waals surface area contributed by atoms with Crippen molar-refractivity contribution in [2.75, 3.05) is 26.3 Å². The average Bonchev–Trinajstić information content (AvgIpc) is 2.91. The Bertz CT molecular complexity index is 430. The molecule has 1 saturated heterocycles. The van der Waals surface area contributed by atoms with Gasteiger partial charge in [0.05, 0.1) is 17.2 Å². The van der Waals surface area contributed by atoms with Crippen LogP contribution in [0, 0.1) is 5.92 Å². The number of amides is 1. The van der Waals surface area contributed by atoms with Crippen LogP contribution < -0.4 is 0 Å². The molecular weight excluding hydrogens is 262 g/mol. The molecule has 19 heavy (non-hydrogen) atoms. The lowest BCUT2D eigenvalue weighted by molar-refractivity contribution is 0.0721. The van der Waals surface area contributed by atoms with Gasteiger partial charge in [-0.05, 0) is 25.0 Å². The number of ether oxygens (including phenoxy) is 1. The van der Waals surface area contributed by atoms with Crippen LogP contribution in [0.25, 0.3) is 0 Å². The van der Waals surface area contributed by atoms with E-state index in [2.05, 4.69) is 6.92 Å². The first-order valence-corrected chi connectivity index (χ1v) is 7.21. The van der Waals surface area contributed by atoms with Crippen LogP contribution in [0.3, 0.4) is 0 Å². The van der Waals surface area contributed by atoms with Gasteiger partial charge in [-0.25, -0.2) is 0 Å². The minimum atomic E-state index is 0.0272. The molecule has 0 aliphatic carbocycles. The van der Waals surface area contributed by atoms with Crippen molar-refractivity contribution in [3.8, 4) is 0 Å². The van der Waals surface area contributed by atoms with E-state index in [0.717, 1.165) is 39.1 Å². The summed E-state index contributed by atoms with van der Waals surface area (Å²) in [6.07, 6.45) is 1.99. The number of carbonyl (C=O) groups excluding carboxylic acids is 1. The summed E-state index contributed by atoms with van der Waals surface area (Å²) in [7, 11) is 0. The smallest absolute Gasteiger partial charge is 0.255 e. The minimum absolute atomic E-state index is 0.0272. The second kappa shape index (κ2) is 6.92. The van der Waals surface area contributed by atoms with E-state index in [9.17, 15) is 4.79 Å². The molecule has 1 aliphatic rings. The van der Waals surface area contributed by atoms with Crippen LogP contribution in [0.2, 0.25) is 5.02 Å². The second-order valence-corrected chi connectivity index (χ2v) is 5.37. The molecule has 1 aromatic carbocycles. The predicted octanol–water partition coefficient (Wildman–Crippen LogP) is 3.23. The lowest BCUT2D eigenvalue weighted by Crippen LogP contribution is -2.36. The molecule has 1 unspecified atom stereocenters. The highest BCUT2D eigenvalue weighted by atomic mass is 35.5. The van der Waals surface area contributed by atoms with Gasteiger partial charge in [0.1, 0.15) is 0 Å². The molecule has 0 bridgehead atoms. The summed E-state index contributed by atoms with van der Waals surface area (Å²) in [6, 6.07) is 7.24. The number of benzene rings is 1. The molecular formula is C15H20ClNO2. The van der Waals surface area contributed by atoms with Crippen molar-refractivity contribution in [2.24, 2.45) is 5.92 Å². The van der Waals surface area contributed by atoms with E-state index >= 15 is 0 Å². The number of rotatable bonds is 5. The third-order valence-electron chi connectivity index (χ3n) is 3.39. The van der Waals surface area contributed by atoms with E-state index < -0.39 is 0 Å². The highest BCUT2D eigenvalue weighted by molar-refractivity contribution is 6.33. The molecule has 1 fully saturated rings. The molecule has 104 valence electrons. The van der Waals surface area contributed by atoms with Crippen LogP contribution in [-0.2, 0) is 4.74 Å². The van der Waals surface area contributed by atoms with Gasteiger partial charge < -0.3 is 9.64 Å². The maximum atomic E-state index is 12.5. The van der Waals surface area contributed by atoms with Gasteiger partial charge in [0.15, 0.2) is 0 Å². The van der Waals surface area contributed by atoms with Gasteiger partial charge >= 0.3 is 0 Å². The summed E-state index contributed by atoms with van der Waals surface area (Å²) < 4.78 is 5.38. The van der Waals surface area contributed by atoms with E-state index in [4.69, 9.17) is 16.3 Å². The molecule has 1 aliphatic heterocycles. The molecule has 1 heterocycles. The van der Waals surface area contributed by atoms with Crippen molar-refractivity contribution in [2.45, 2.75) is 19.8 Å². The van der Waals surface area contributed by atoms with Crippen LogP contribution in [0.5, 0.6) is 0 Å². The fourth-order valence-corrected chi connectivity index (χ4v) is 2.61. The molecule has 2 rings (SSSR count). The third kappa shape index (κ3) is 3.71. The molecule has 4 heteroatoms. The van der Waals surface area contributed by atoms with Gasteiger partial charge in [-0.15, -0.1) is 0 Å². The van der Waals surface area contributed by atoms with Crippen LogP contribution in [0.15, 0.2) is 24.3 Å². The summed E-state index contributed by atoms with van der Waals surface area (Å²) in [4.78, 5) is 14.4. The van der Waals surface area contributed by atoms with Crippen LogP contribution in [0.1, 0.15) is 30.1 Å². The Hall–Kier alpha value is -1.06. The minimum Gasteiger partial charge on any atom is -0.381 e. The van der Waals surface area contributed by atoms with Crippen LogP contribution >= 0.6 is 11.6 Å². The Morgan fingerprint density at radius 3 is 2.89 bits per heavy atom. The summed E-state index contributed by atoms with van der Waals surface area (Å²) in [5.74, 6) is 0.484. The number of nitrogens with zero attached hydrogens (tertiary/aromatic N) is 1. The van der Waals surface area contributed by atoms with Crippen LogP contribution in [-0.4, -0.2) is 37.1 Å². The largest absolute Gasteiger partial charge is 0.381 e. The van der Waals surface area contributed by atoms with Crippen molar-refractivity contribution in [1.29, 1.82) is 0 Å². The lowest BCUT2D eigenvalue weighted by Gasteiger charge is -2.25. The number of carbonyl (C=O) groups is 1. The first-order chi connectivity index (χ1) is 9.22. The molecule has 1 amide bonds. The van der Waals surface area contributed by atoms with Gasteiger partial charge in [0.2, 0.25) is 0 Å². The van der Waals surface area contributed by atoms with Gasteiger partial charge in [0.25, 0.3) is 5.91 Å². The molecule has 1 aromatic rings. The Kier molecular flexibility index (Phi) is 5.23. The standard InChI is InChI=1S/C15H20ClNO2/c1-2-8-17(10-12-7-9-19-11-12)15(18)13-5-3-4-6-14(13)16/h3-6,12H,2,7-11H2,1H3. The zero-order valence-electron chi connectivity index (χ0n) is 11.3. The fourth-order valence-electron chi connectivity index (χ4n) is 2.39. The number of hydrogen-bond acceptors (Lipinski definition) is 2. The monoisotopic (exact) mass is 281 g/mol. The number of halogens is 1. The Balaban J connectivity index is 2.09. The molecule has 0 spiro atoms. The molecule has 1 atom stereocenters. The Morgan fingerprint density at radius 2 is 2.26 bits per heavy atom. The maximum Gasteiger partial charge on any atom is 0.255 e. The number of hydrogen-bond donors (Lipinski definition) is 0. The highest BCUT2D eigenvalue weighted by Gasteiger charge is 2.23. The zero-order chi connectivity index (χ0) is 13.7. The second-order valence-electron chi connectivity index (χ2n) is 4.96. The fraction of sp³-hybridized carbons (Fsp3) is 0.533. The van der Waals surface area contributed by atoms with Crippen molar-refractivity contribution < 1.29 is 9.53 Å². The van der Waals surface area contributed by atoms with Gasteiger partial charge in [-0.3, -0.25) is 4.79 Å². The molecule has 0 N–H and O–H groups in total. The lowest BCUT2D eigenvalue weighted by atomic mass is 10.1. The molecule has 0 radical (unpaired) electrons. The normalized spacial score (nSPS) is 18.5. The topological polar surface area (TPSA) is 29.5 Å². The summed E-state index contributed by atoms with van der Waals surface area (Å²) >= 11 is 6.11. The van der Waals surface area contributed by atoms with E-state index in [-0.39, 0.29) is 5.91 Å². The summed E-state index contributed by atoms with van der Waals surface area (Å²) in [5, 5.41) is 0.524. The Labute approximate surface area is 119 Å². The molecule has 0 aromatic heterocycles. The van der Waals surface area contributed by atoms with Crippen molar-refractivity contribution >= 4 is 17.5 Å². The third-order valence-corrected chi connectivity index (χ3v) is 3.72. The highest BCUT2D eigenvalue weighted by Crippen LogP contribution is 2.20. The van der Waals surface area contributed by atoms with E-state index in [1.54, 1.807) is 12.1 Å². The first-order valence-electron chi connectivity index (χ1n) is 6.84. The van der Waals surface area contributed by atoms with Gasteiger partial charge in [0, 0.05) is 25.6 Å². The summed E-state index contributed by atoms with van der Waals surface area (Å²) in [5.41, 5.74) is 0.594. The van der Waals surface area contributed by atoms with Crippen molar-refractivity contribution in [3.05, 3.63) is 34.9 Å². The first kappa shape index (κ1) is 14.4. The van der Waals surface area contributed by atoms with Gasteiger partial charge in [-0.2, -0.15) is 0 Å².